The summed E-state index contributed by atoms with van der Waals surface area (Å²) in [6, 6.07) is 3.69. The standard InChI is InChI=1S/C17H21F2N9/c18-11-1-2-14(13(19)9-11)27-6-3-26(4-7-27)5-8-28-16-12(10-22-28)15(25-21)23-17(20)24-16/h1-2,9-10H,3-8,21H2,(H3,20,23,24,25). The number of hydrogen-bond acceptors (Lipinski definition) is 8. The predicted molar refractivity (Wildman–Crippen MR) is 103 cm³/mol. The first-order chi connectivity index (χ1) is 13.5. The molecule has 0 atom stereocenters. The fraction of sp³-hybridized carbons (Fsp3) is 0.353. The van der Waals surface area contributed by atoms with Crippen molar-refractivity contribution in [3.05, 3.63) is 36.0 Å². The van der Waals surface area contributed by atoms with Crippen LogP contribution in [0.1, 0.15) is 0 Å². The Morgan fingerprint density at radius 2 is 1.86 bits per heavy atom. The second kappa shape index (κ2) is 7.52. The largest absolute Gasteiger partial charge is 0.368 e. The SMILES string of the molecule is NNc1nc(N)nc2c1cnn2CCN1CCN(c2ccc(F)cc2F)CC1. The first-order valence-electron chi connectivity index (χ1n) is 8.93. The van der Waals surface area contributed by atoms with Crippen LogP contribution < -0.4 is 21.9 Å². The van der Waals surface area contributed by atoms with Gasteiger partial charge < -0.3 is 16.1 Å². The number of nitrogens with one attached hydrogen (secondary N) is 1. The van der Waals surface area contributed by atoms with E-state index in [0.29, 0.717) is 42.2 Å². The maximum Gasteiger partial charge on any atom is 0.224 e. The average molecular weight is 389 g/mol. The Bertz CT molecular complexity index is 982. The van der Waals surface area contributed by atoms with Crippen LogP contribution in [0, 0.1) is 11.6 Å². The number of fused-ring (bicyclic) bond motifs is 1. The predicted octanol–water partition coefficient (Wildman–Crippen LogP) is 0.795. The fourth-order valence-corrected chi connectivity index (χ4v) is 3.43. The lowest BCUT2D eigenvalue weighted by Gasteiger charge is -2.36. The number of nitrogen functional groups attached to an aromatic ring is 2. The number of nitrogens with zero attached hydrogens (tertiary/aromatic N) is 6. The molecule has 1 aliphatic heterocycles. The number of nitrogens with two attached hydrogens (primary N) is 2. The molecule has 0 bridgehead atoms. The van der Waals surface area contributed by atoms with Gasteiger partial charge in [0.05, 0.1) is 23.8 Å². The Morgan fingerprint density at radius 3 is 2.57 bits per heavy atom. The molecule has 0 spiro atoms. The molecule has 0 aliphatic carbocycles. The van der Waals surface area contributed by atoms with Crippen molar-refractivity contribution in [2.45, 2.75) is 6.54 Å². The van der Waals surface area contributed by atoms with Crippen LogP contribution in [0.25, 0.3) is 11.0 Å². The fourth-order valence-electron chi connectivity index (χ4n) is 3.43. The number of benzene rings is 1. The summed E-state index contributed by atoms with van der Waals surface area (Å²) in [6.45, 7) is 4.24. The topological polar surface area (TPSA) is 114 Å². The minimum Gasteiger partial charge on any atom is -0.368 e. The van der Waals surface area contributed by atoms with Crippen LogP contribution in [0.5, 0.6) is 0 Å². The van der Waals surface area contributed by atoms with Crippen LogP contribution >= 0.6 is 0 Å². The first-order valence-corrected chi connectivity index (χ1v) is 8.93. The zero-order valence-electron chi connectivity index (χ0n) is 15.1. The summed E-state index contributed by atoms with van der Waals surface area (Å²) >= 11 is 0. The van der Waals surface area contributed by atoms with Crippen molar-refractivity contribution in [3.63, 3.8) is 0 Å². The van der Waals surface area contributed by atoms with Crippen molar-refractivity contribution in [1.82, 2.24) is 24.6 Å². The zero-order chi connectivity index (χ0) is 19.7. The Kier molecular flexibility index (Phi) is 4.92. The quantitative estimate of drug-likeness (QED) is 0.434. The molecular weight excluding hydrogens is 368 g/mol. The maximum absolute atomic E-state index is 14.0. The molecular formula is C17H21F2N9. The zero-order valence-corrected chi connectivity index (χ0v) is 15.1. The van der Waals surface area contributed by atoms with Crippen LogP contribution in [-0.2, 0) is 6.54 Å². The molecule has 11 heteroatoms. The molecule has 0 amide bonds. The minimum atomic E-state index is -0.566. The Labute approximate surface area is 159 Å². The van der Waals surface area contributed by atoms with Crippen molar-refractivity contribution in [2.75, 3.05) is 48.8 Å². The van der Waals surface area contributed by atoms with Gasteiger partial charge in [-0.05, 0) is 12.1 Å². The van der Waals surface area contributed by atoms with E-state index in [1.807, 2.05) is 4.90 Å². The highest BCUT2D eigenvalue weighted by Crippen LogP contribution is 2.22. The number of piperazine rings is 1. The van der Waals surface area contributed by atoms with Gasteiger partial charge >= 0.3 is 0 Å². The van der Waals surface area contributed by atoms with E-state index in [9.17, 15) is 8.78 Å². The van der Waals surface area contributed by atoms with E-state index in [4.69, 9.17) is 11.6 Å². The van der Waals surface area contributed by atoms with Crippen LogP contribution in [0.2, 0.25) is 0 Å². The average Bonchev–Trinajstić information content (AvgIpc) is 3.09. The molecule has 9 nitrogen and oxygen atoms in total. The first kappa shape index (κ1) is 18.3. The molecule has 28 heavy (non-hydrogen) atoms. The maximum atomic E-state index is 14.0. The molecule has 1 aromatic carbocycles. The summed E-state index contributed by atoms with van der Waals surface area (Å²) in [5, 5.41) is 5.05. The van der Waals surface area contributed by atoms with E-state index < -0.39 is 11.6 Å². The Morgan fingerprint density at radius 1 is 1.07 bits per heavy atom. The van der Waals surface area contributed by atoms with Gasteiger partial charge in [0.1, 0.15) is 11.6 Å². The van der Waals surface area contributed by atoms with E-state index in [1.54, 1.807) is 10.9 Å². The summed E-state index contributed by atoms with van der Waals surface area (Å²) in [4.78, 5) is 12.5. The second-order valence-corrected chi connectivity index (χ2v) is 6.60. The van der Waals surface area contributed by atoms with Gasteiger partial charge in [0.15, 0.2) is 11.5 Å². The van der Waals surface area contributed by atoms with Crippen molar-refractivity contribution < 1.29 is 8.78 Å². The van der Waals surface area contributed by atoms with Crippen molar-refractivity contribution >= 4 is 28.5 Å². The third-order valence-corrected chi connectivity index (χ3v) is 4.90. The van der Waals surface area contributed by atoms with E-state index in [0.717, 1.165) is 25.7 Å². The molecule has 4 rings (SSSR count). The third-order valence-electron chi connectivity index (χ3n) is 4.90. The molecule has 0 radical (unpaired) electrons. The summed E-state index contributed by atoms with van der Waals surface area (Å²) in [5.74, 6) is 4.93. The van der Waals surface area contributed by atoms with Crippen molar-refractivity contribution in [1.29, 1.82) is 0 Å². The Hall–Kier alpha value is -3.05. The smallest absolute Gasteiger partial charge is 0.224 e. The van der Waals surface area contributed by atoms with Gasteiger partial charge in [0.2, 0.25) is 5.95 Å². The van der Waals surface area contributed by atoms with Crippen LogP contribution in [0.3, 0.4) is 0 Å². The van der Waals surface area contributed by atoms with Gasteiger partial charge in [-0.15, -0.1) is 0 Å². The molecule has 1 saturated heterocycles. The number of hydrogen-bond donors (Lipinski definition) is 3. The summed E-state index contributed by atoms with van der Waals surface area (Å²) in [6.07, 6.45) is 1.65. The summed E-state index contributed by atoms with van der Waals surface area (Å²) in [5.41, 5.74) is 9.29. The molecule has 3 aromatic rings. The number of halogens is 2. The highest BCUT2D eigenvalue weighted by atomic mass is 19.1. The number of anilines is 3. The van der Waals surface area contributed by atoms with Gasteiger partial charge in [-0.2, -0.15) is 15.1 Å². The molecule has 3 heterocycles. The monoisotopic (exact) mass is 389 g/mol. The highest BCUT2D eigenvalue weighted by Gasteiger charge is 2.20. The van der Waals surface area contributed by atoms with Crippen molar-refractivity contribution in [3.8, 4) is 0 Å². The molecule has 148 valence electrons. The number of rotatable bonds is 5. The van der Waals surface area contributed by atoms with Crippen LogP contribution in [0.15, 0.2) is 24.4 Å². The molecule has 0 unspecified atom stereocenters. The van der Waals surface area contributed by atoms with Gasteiger partial charge in [-0.25, -0.2) is 19.3 Å². The summed E-state index contributed by atoms with van der Waals surface area (Å²) in [7, 11) is 0. The van der Waals surface area contributed by atoms with Gasteiger partial charge in [-0.3, -0.25) is 4.90 Å². The van der Waals surface area contributed by atoms with Crippen LogP contribution in [-0.4, -0.2) is 57.4 Å². The van der Waals surface area contributed by atoms with Gasteiger partial charge in [-0.1, -0.05) is 0 Å². The summed E-state index contributed by atoms with van der Waals surface area (Å²) < 4.78 is 28.8. The van der Waals surface area contributed by atoms with E-state index in [1.165, 1.54) is 12.1 Å². The lowest BCUT2D eigenvalue weighted by Crippen LogP contribution is -2.47. The Balaban J connectivity index is 1.38. The van der Waals surface area contributed by atoms with Gasteiger partial charge in [0.25, 0.3) is 0 Å². The molecule has 0 saturated carbocycles. The van der Waals surface area contributed by atoms with Crippen molar-refractivity contribution in [2.24, 2.45) is 5.84 Å². The lowest BCUT2D eigenvalue weighted by molar-refractivity contribution is 0.245. The van der Waals surface area contributed by atoms with E-state index in [-0.39, 0.29) is 5.95 Å². The number of hydrazine groups is 1. The molecule has 2 aromatic heterocycles. The molecule has 1 fully saturated rings. The van der Waals surface area contributed by atoms with E-state index in [2.05, 4.69) is 25.4 Å². The minimum absolute atomic E-state index is 0.122. The second-order valence-electron chi connectivity index (χ2n) is 6.60. The highest BCUT2D eigenvalue weighted by molar-refractivity contribution is 5.87. The molecule has 5 N–H and O–H groups in total. The normalized spacial score (nSPS) is 15.3. The van der Waals surface area contributed by atoms with Gasteiger partial charge in [0, 0.05) is 38.8 Å². The van der Waals surface area contributed by atoms with Crippen LogP contribution in [0.4, 0.5) is 26.2 Å². The molecule has 1 aliphatic rings. The van der Waals surface area contributed by atoms with E-state index >= 15 is 0 Å². The number of aromatic nitrogens is 4. The lowest BCUT2D eigenvalue weighted by atomic mass is 10.2. The third kappa shape index (κ3) is 3.53.